The third-order valence-corrected chi connectivity index (χ3v) is 2.63. The van der Waals surface area contributed by atoms with Crippen LogP contribution < -0.4 is 5.73 Å². The fraction of sp³-hybridized carbons (Fsp3) is 0.308. The van der Waals surface area contributed by atoms with Gasteiger partial charge in [-0.3, -0.25) is 0 Å². The molecule has 2 aromatic rings. The first-order valence-electron chi connectivity index (χ1n) is 5.51. The molecule has 0 amide bonds. The minimum absolute atomic E-state index is 0.271. The highest BCUT2D eigenvalue weighted by molar-refractivity contribution is 5.20. The van der Waals surface area contributed by atoms with E-state index in [0.717, 1.165) is 30.7 Å². The lowest BCUT2D eigenvalue weighted by Crippen LogP contribution is -1.92. The summed E-state index contributed by atoms with van der Waals surface area (Å²) >= 11 is 0. The number of aromatic nitrogens is 1. The Morgan fingerprint density at radius 2 is 1.94 bits per heavy atom. The molecule has 0 atom stereocenters. The lowest BCUT2D eigenvalue weighted by Gasteiger charge is -1.99. The highest BCUT2D eigenvalue weighted by Crippen LogP contribution is 2.14. The van der Waals surface area contributed by atoms with Gasteiger partial charge in [0, 0.05) is 0 Å². The number of benzene rings is 1. The summed E-state index contributed by atoms with van der Waals surface area (Å²) in [6.45, 7) is 1.90. The Balaban J connectivity index is 1.87. The molecule has 3 heteroatoms. The van der Waals surface area contributed by atoms with Crippen LogP contribution in [0.4, 0.5) is 6.01 Å². The van der Waals surface area contributed by atoms with Gasteiger partial charge < -0.3 is 10.2 Å². The van der Waals surface area contributed by atoms with Crippen molar-refractivity contribution in [3.05, 3.63) is 47.3 Å². The maximum Gasteiger partial charge on any atom is 0.292 e. The van der Waals surface area contributed by atoms with E-state index in [0.29, 0.717) is 0 Å². The average molecular weight is 216 g/mol. The van der Waals surface area contributed by atoms with Gasteiger partial charge >= 0.3 is 0 Å². The van der Waals surface area contributed by atoms with Crippen LogP contribution >= 0.6 is 0 Å². The smallest absolute Gasteiger partial charge is 0.292 e. The van der Waals surface area contributed by atoms with Crippen molar-refractivity contribution in [2.24, 2.45) is 0 Å². The first-order valence-corrected chi connectivity index (χ1v) is 5.51. The fourth-order valence-electron chi connectivity index (χ4n) is 1.79. The van der Waals surface area contributed by atoms with Crippen molar-refractivity contribution in [2.75, 3.05) is 5.73 Å². The Kier molecular flexibility index (Phi) is 3.25. The molecule has 0 radical (unpaired) electrons. The first-order chi connectivity index (χ1) is 7.75. The second kappa shape index (κ2) is 4.84. The van der Waals surface area contributed by atoms with Gasteiger partial charge in [-0.2, -0.15) is 4.98 Å². The molecule has 1 aromatic heterocycles. The molecule has 84 valence electrons. The fourth-order valence-corrected chi connectivity index (χ4v) is 1.79. The lowest BCUT2D eigenvalue weighted by atomic mass is 10.1. The van der Waals surface area contributed by atoms with Crippen molar-refractivity contribution < 1.29 is 4.42 Å². The van der Waals surface area contributed by atoms with Crippen LogP contribution in [0.15, 0.2) is 34.7 Å². The maximum atomic E-state index is 5.48. The van der Waals surface area contributed by atoms with Crippen LogP contribution in [0.25, 0.3) is 0 Å². The summed E-state index contributed by atoms with van der Waals surface area (Å²) in [5, 5.41) is 0. The van der Waals surface area contributed by atoms with Crippen LogP contribution in [0.2, 0.25) is 0 Å². The van der Waals surface area contributed by atoms with Crippen molar-refractivity contribution in [3.63, 3.8) is 0 Å². The third-order valence-electron chi connectivity index (χ3n) is 2.63. The number of hydrogen-bond acceptors (Lipinski definition) is 3. The highest BCUT2D eigenvalue weighted by Gasteiger charge is 2.06. The van der Waals surface area contributed by atoms with E-state index in [1.807, 2.05) is 13.0 Å². The van der Waals surface area contributed by atoms with Crippen molar-refractivity contribution in [1.82, 2.24) is 4.98 Å². The number of nitrogens with zero attached hydrogens (tertiary/aromatic N) is 1. The molecule has 0 aliphatic heterocycles. The molecular weight excluding hydrogens is 200 g/mol. The summed E-state index contributed by atoms with van der Waals surface area (Å²) in [5.74, 6) is 0.838. The van der Waals surface area contributed by atoms with Gasteiger partial charge in [0.1, 0.15) is 5.76 Å². The van der Waals surface area contributed by atoms with Crippen molar-refractivity contribution in [1.29, 1.82) is 0 Å². The first kappa shape index (κ1) is 10.7. The minimum atomic E-state index is 0.271. The summed E-state index contributed by atoms with van der Waals surface area (Å²) in [6.07, 6.45) is 3.05. The van der Waals surface area contributed by atoms with E-state index in [1.54, 1.807) is 0 Å². The molecular formula is C13H16N2O. The Hall–Kier alpha value is -1.77. The second-order valence-electron chi connectivity index (χ2n) is 3.89. The molecule has 0 aliphatic rings. The van der Waals surface area contributed by atoms with Gasteiger partial charge in [-0.1, -0.05) is 30.3 Å². The maximum absolute atomic E-state index is 5.48. The van der Waals surface area contributed by atoms with Crippen molar-refractivity contribution >= 4 is 6.01 Å². The SMILES string of the molecule is Cc1oc(N)nc1CCCc1ccccc1. The predicted molar refractivity (Wildman–Crippen MR) is 64.1 cm³/mol. The molecule has 0 bridgehead atoms. The number of oxazole rings is 1. The number of rotatable bonds is 4. The quantitative estimate of drug-likeness (QED) is 0.855. The van der Waals surface area contributed by atoms with Crippen LogP contribution in [0, 0.1) is 6.92 Å². The van der Waals surface area contributed by atoms with Crippen molar-refractivity contribution in [2.45, 2.75) is 26.2 Å². The molecule has 1 aromatic carbocycles. The number of aryl methyl sites for hydroxylation is 3. The number of anilines is 1. The summed E-state index contributed by atoms with van der Waals surface area (Å²) in [7, 11) is 0. The minimum Gasteiger partial charge on any atom is -0.429 e. The van der Waals surface area contributed by atoms with Crippen LogP contribution in [0.5, 0.6) is 0 Å². The number of nitrogen functional groups attached to an aromatic ring is 1. The van der Waals surface area contributed by atoms with E-state index in [2.05, 4.69) is 29.2 Å². The molecule has 0 spiro atoms. The zero-order chi connectivity index (χ0) is 11.4. The van der Waals surface area contributed by atoms with E-state index in [-0.39, 0.29) is 6.01 Å². The van der Waals surface area contributed by atoms with Crippen LogP contribution in [0.3, 0.4) is 0 Å². The molecule has 2 rings (SSSR count). The van der Waals surface area contributed by atoms with Gasteiger partial charge in [0.2, 0.25) is 0 Å². The molecule has 0 aliphatic carbocycles. The van der Waals surface area contributed by atoms with E-state index in [4.69, 9.17) is 10.2 Å². The molecule has 3 nitrogen and oxygen atoms in total. The van der Waals surface area contributed by atoms with Crippen molar-refractivity contribution in [3.8, 4) is 0 Å². The highest BCUT2D eigenvalue weighted by atomic mass is 16.4. The summed E-state index contributed by atoms with van der Waals surface area (Å²) in [6, 6.07) is 10.7. The standard InChI is InChI=1S/C13H16N2O/c1-10-12(15-13(14)16-10)9-5-8-11-6-3-2-4-7-11/h2-4,6-7H,5,8-9H2,1H3,(H2,14,15). The normalized spacial score (nSPS) is 10.6. The second-order valence-corrected chi connectivity index (χ2v) is 3.89. The Morgan fingerprint density at radius 1 is 1.19 bits per heavy atom. The average Bonchev–Trinajstić information content (AvgIpc) is 2.59. The molecule has 0 saturated heterocycles. The molecule has 0 saturated carbocycles. The molecule has 0 fully saturated rings. The molecule has 16 heavy (non-hydrogen) atoms. The van der Waals surface area contributed by atoms with Gasteiger partial charge in [0.15, 0.2) is 0 Å². The third kappa shape index (κ3) is 2.63. The summed E-state index contributed by atoms with van der Waals surface area (Å²) in [4.78, 5) is 4.15. The zero-order valence-corrected chi connectivity index (χ0v) is 9.44. The monoisotopic (exact) mass is 216 g/mol. The van der Waals surface area contributed by atoms with Gasteiger partial charge in [-0.25, -0.2) is 0 Å². The van der Waals surface area contributed by atoms with Gasteiger partial charge in [0.25, 0.3) is 6.01 Å². The van der Waals surface area contributed by atoms with Gasteiger partial charge in [0.05, 0.1) is 5.69 Å². The van der Waals surface area contributed by atoms with E-state index in [1.165, 1.54) is 5.56 Å². The van der Waals surface area contributed by atoms with E-state index in [9.17, 15) is 0 Å². The Morgan fingerprint density at radius 3 is 2.56 bits per heavy atom. The lowest BCUT2D eigenvalue weighted by molar-refractivity contribution is 0.544. The Labute approximate surface area is 95.3 Å². The van der Waals surface area contributed by atoms with Gasteiger partial charge in [-0.05, 0) is 31.7 Å². The van der Waals surface area contributed by atoms with Gasteiger partial charge in [-0.15, -0.1) is 0 Å². The van der Waals surface area contributed by atoms with E-state index < -0.39 is 0 Å². The Bertz CT molecular complexity index is 448. The molecule has 0 unspecified atom stereocenters. The molecule has 2 N–H and O–H groups in total. The predicted octanol–water partition coefficient (Wildman–Crippen LogP) is 2.74. The van der Waals surface area contributed by atoms with Crippen LogP contribution in [-0.4, -0.2) is 4.98 Å². The number of nitrogens with two attached hydrogens (primary N) is 1. The topological polar surface area (TPSA) is 52.0 Å². The number of hydrogen-bond donors (Lipinski definition) is 1. The van der Waals surface area contributed by atoms with Crippen LogP contribution in [-0.2, 0) is 12.8 Å². The molecule has 1 heterocycles. The summed E-state index contributed by atoms with van der Waals surface area (Å²) < 4.78 is 5.18. The van der Waals surface area contributed by atoms with E-state index >= 15 is 0 Å². The largest absolute Gasteiger partial charge is 0.429 e. The van der Waals surface area contributed by atoms with Crippen LogP contribution in [0.1, 0.15) is 23.4 Å². The summed E-state index contributed by atoms with van der Waals surface area (Å²) in [5.41, 5.74) is 7.82. The zero-order valence-electron chi connectivity index (χ0n) is 9.44.